The number of nitrogens with one attached hydrogen (secondary N) is 3. The Morgan fingerprint density at radius 3 is 2.73 bits per heavy atom. The molecule has 2 heterocycles. The van der Waals surface area contributed by atoms with Crippen LogP contribution in [-0.4, -0.2) is 43.4 Å². The predicted octanol–water partition coefficient (Wildman–Crippen LogP) is 2.19. The number of carbonyl (C=O) groups excluding carboxylic acids is 1. The number of fused-ring (bicyclic) bond motifs is 1. The van der Waals surface area contributed by atoms with Crippen LogP contribution in [0.4, 0.5) is 13.2 Å². The summed E-state index contributed by atoms with van der Waals surface area (Å²) in [5.74, 6) is -3.95. The van der Waals surface area contributed by atoms with Crippen molar-refractivity contribution in [1.82, 2.24) is 30.9 Å². The third-order valence-corrected chi connectivity index (χ3v) is 4.35. The summed E-state index contributed by atoms with van der Waals surface area (Å²) in [6, 6.07) is 6.60. The number of hydrogen-bond donors (Lipinski definition) is 4. The van der Waals surface area contributed by atoms with Crippen molar-refractivity contribution in [2.45, 2.75) is 18.6 Å². The number of hydrogen-bond acceptors (Lipinski definition) is 5. The minimum absolute atomic E-state index is 0.101. The van der Waals surface area contributed by atoms with E-state index >= 15 is 0 Å². The summed E-state index contributed by atoms with van der Waals surface area (Å²) in [6.45, 7) is 0. The van der Waals surface area contributed by atoms with Crippen molar-refractivity contribution in [3.8, 4) is 0 Å². The standard InChI is InChI=1S/C15H15F3N6OS/c16-15(17,18)10(7-26)14(25)20-12(13-21-23-24-22-13)5-8-6-19-11-4-2-1-3-9(8)11/h1-4,6,10,12,19,26H,5,7H2,(H,20,25)(H,21,22,23,24)/t10-,12+/m0/s1. The Morgan fingerprint density at radius 1 is 1.31 bits per heavy atom. The van der Waals surface area contributed by atoms with E-state index in [0.717, 1.165) is 16.5 Å². The van der Waals surface area contributed by atoms with Crippen LogP contribution < -0.4 is 5.32 Å². The number of alkyl halides is 3. The van der Waals surface area contributed by atoms with Gasteiger partial charge in [-0.1, -0.05) is 23.4 Å². The van der Waals surface area contributed by atoms with Crippen molar-refractivity contribution in [2.75, 3.05) is 5.75 Å². The highest BCUT2D eigenvalue weighted by molar-refractivity contribution is 7.80. The van der Waals surface area contributed by atoms with E-state index in [1.807, 2.05) is 24.3 Å². The second-order valence-corrected chi connectivity index (χ2v) is 6.04. The van der Waals surface area contributed by atoms with Gasteiger partial charge in [-0.05, 0) is 11.6 Å². The highest BCUT2D eigenvalue weighted by Crippen LogP contribution is 2.29. The van der Waals surface area contributed by atoms with Crippen LogP contribution in [0.2, 0.25) is 0 Å². The molecule has 0 aliphatic carbocycles. The molecule has 0 aliphatic rings. The predicted molar refractivity (Wildman–Crippen MR) is 90.5 cm³/mol. The first-order valence-electron chi connectivity index (χ1n) is 7.66. The second kappa shape index (κ2) is 7.36. The first kappa shape index (κ1) is 18.2. The third-order valence-electron chi connectivity index (χ3n) is 3.98. The molecule has 3 rings (SSSR count). The lowest BCUT2D eigenvalue weighted by molar-refractivity contribution is -0.178. The average Bonchev–Trinajstić information content (AvgIpc) is 3.23. The van der Waals surface area contributed by atoms with Gasteiger partial charge in [-0.25, -0.2) is 0 Å². The summed E-state index contributed by atoms with van der Waals surface area (Å²) in [6.07, 6.45) is -2.75. The average molecular weight is 384 g/mol. The SMILES string of the molecule is O=C(N[C@H](Cc1c[nH]c2ccccc12)c1nn[nH]n1)[C@H](CS)C(F)(F)F. The van der Waals surface area contributed by atoms with Crippen molar-refractivity contribution < 1.29 is 18.0 Å². The fraction of sp³-hybridized carbons (Fsp3) is 0.333. The number of aromatic nitrogens is 5. The number of amides is 1. The minimum Gasteiger partial charge on any atom is -0.361 e. The molecule has 26 heavy (non-hydrogen) atoms. The maximum Gasteiger partial charge on any atom is 0.401 e. The zero-order valence-corrected chi connectivity index (χ0v) is 14.2. The number of rotatable bonds is 6. The van der Waals surface area contributed by atoms with Gasteiger partial charge in [0.05, 0.1) is 6.04 Å². The summed E-state index contributed by atoms with van der Waals surface area (Å²) >= 11 is 3.65. The van der Waals surface area contributed by atoms with Gasteiger partial charge < -0.3 is 10.3 Å². The molecular weight excluding hydrogens is 369 g/mol. The molecule has 1 amide bonds. The van der Waals surface area contributed by atoms with Gasteiger partial charge in [0.25, 0.3) is 0 Å². The van der Waals surface area contributed by atoms with Crippen molar-refractivity contribution >= 4 is 29.4 Å². The van der Waals surface area contributed by atoms with E-state index in [2.05, 4.69) is 43.6 Å². The van der Waals surface area contributed by atoms with Gasteiger partial charge in [0.15, 0.2) is 5.82 Å². The van der Waals surface area contributed by atoms with Crippen LogP contribution in [0.3, 0.4) is 0 Å². The monoisotopic (exact) mass is 384 g/mol. The fourth-order valence-electron chi connectivity index (χ4n) is 2.65. The molecule has 138 valence electrons. The molecule has 0 saturated heterocycles. The highest BCUT2D eigenvalue weighted by atomic mass is 32.1. The highest BCUT2D eigenvalue weighted by Gasteiger charge is 2.44. The molecule has 0 fully saturated rings. The number of aromatic amines is 2. The maximum absolute atomic E-state index is 13.0. The summed E-state index contributed by atoms with van der Waals surface area (Å²) in [5, 5.41) is 16.6. The van der Waals surface area contributed by atoms with E-state index in [0.29, 0.717) is 0 Å². The van der Waals surface area contributed by atoms with E-state index < -0.39 is 29.8 Å². The van der Waals surface area contributed by atoms with Crippen molar-refractivity contribution in [1.29, 1.82) is 0 Å². The molecule has 0 spiro atoms. The number of nitrogens with zero attached hydrogens (tertiary/aromatic N) is 3. The van der Waals surface area contributed by atoms with E-state index in [4.69, 9.17) is 0 Å². The molecule has 0 aliphatic heterocycles. The van der Waals surface area contributed by atoms with Gasteiger partial charge in [0.2, 0.25) is 5.91 Å². The van der Waals surface area contributed by atoms with E-state index in [1.54, 1.807) is 6.20 Å². The minimum atomic E-state index is -4.69. The Kier molecular flexibility index (Phi) is 5.16. The zero-order chi connectivity index (χ0) is 18.7. The van der Waals surface area contributed by atoms with Gasteiger partial charge in [-0.3, -0.25) is 4.79 Å². The Hall–Kier alpha value is -2.56. The van der Waals surface area contributed by atoms with Gasteiger partial charge in [0, 0.05) is 29.3 Å². The lowest BCUT2D eigenvalue weighted by Gasteiger charge is -2.21. The first-order chi connectivity index (χ1) is 12.4. The molecule has 0 bridgehead atoms. The smallest absolute Gasteiger partial charge is 0.361 e. The quantitative estimate of drug-likeness (QED) is 0.490. The van der Waals surface area contributed by atoms with Crippen molar-refractivity contribution in [3.05, 3.63) is 41.9 Å². The van der Waals surface area contributed by atoms with E-state index in [9.17, 15) is 18.0 Å². The van der Waals surface area contributed by atoms with Gasteiger partial charge in [-0.15, -0.1) is 10.2 Å². The first-order valence-corrected chi connectivity index (χ1v) is 8.29. The van der Waals surface area contributed by atoms with Gasteiger partial charge in [-0.2, -0.15) is 31.0 Å². The molecule has 0 saturated carbocycles. The van der Waals surface area contributed by atoms with Gasteiger partial charge in [0.1, 0.15) is 5.92 Å². The Balaban J connectivity index is 1.86. The number of thiol groups is 1. The molecule has 3 N–H and O–H groups in total. The number of carbonyl (C=O) groups is 1. The normalized spacial score (nSPS) is 14.3. The van der Waals surface area contributed by atoms with E-state index in [1.165, 1.54) is 0 Å². The van der Waals surface area contributed by atoms with Crippen molar-refractivity contribution in [3.63, 3.8) is 0 Å². The van der Waals surface area contributed by atoms with Crippen molar-refractivity contribution in [2.24, 2.45) is 5.92 Å². The summed E-state index contributed by atoms with van der Waals surface area (Å²) in [5.41, 5.74) is 1.69. The molecule has 2 aromatic heterocycles. The molecule has 7 nitrogen and oxygen atoms in total. The number of benzene rings is 1. The molecule has 2 atom stereocenters. The summed E-state index contributed by atoms with van der Waals surface area (Å²) in [7, 11) is 0. The van der Waals surface area contributed by atoms with Crippen LogP contribution >= 0.6 is 12.6 Å². The lowest BCUT2D eigenvalue weighted by atomic mass is 10.0. The second-order valence-electron chi connectivity index (χ2n) is 5.67. The molecular formula is C15H15F3N6OS. The van der Waals surface area contributed by atoms with Crippen LogP contribution in [-0.2, 0) is 11.2 Å². The van der Waals surface area contributed by atoms with E-state index in [-0.39, 0.29) is 12.2 Å². The Labute approximate surface area is 151 Å². The van der Waals surface area contributed by atoms with Crippen LogP contribution in [0.5, 0.6) is 0 Å². The summed E-state index contributed by atoms with van der Waals surface area (Å²) in [4.78, 5) is 15.2. The number of H-pyrrole nitrogens is 2. The Morgan fingerprint density at radius 2 is 2.08 bits per heavy atom. The van der Waals surface area contributed by atoms with Crippen LogP contribution in [0.1, 0.15) is 17.4 Å². The topological polar surface area (TPSA) is 99.4 Å². The molecule has 1 aromatic carbocycles. The van der Waals surface area contributed by atoms with Crippen LogP contribution in [0, 0.1) is 5.92 Å². The molecule has 0 unspecified atom stereocenters. The maximum atomic E-state index is 13.0. The zero-order valence-electron chi connectivity index (χ0n) is 13.3. The molecule has 11 heteroatoms. The third kappa shape index (κ3) is 3.82. The number of para-hydroxylation sites is 1. The van der Waals surface area contributed by atoms with Crippen LogP contribution in [0.25, 0.3) is 10.9 Å². The lowest BCUT2D eigenvalue weighted by Crippen LogP contribution is -2.42. The number of halogens is 3. The Bertz CT molecular complexity index is 879. The molecule has 0 radical (unpaired) electrons. The van der Waals surface area contributed by atoms with Crippen LogP contribution in [0.15, 0.2) is 30.5 Å². The van der Waals surface area contributed by atoms with Gasteiger partial charge >= 0.3 is 6.18 Å². The summed E-state index contributed by atoms with van der Waals surface area (Å²) < 4.78 is 39.0. The fourth-order valence-corrected chi connectivity index (χ4v) is 3.02. The largest absolute Gasteiger partial charge is 0.401 e. The number of tetrazole rings is 1. The molecule has 3 aromatic rings.